The number of benzene rings is 1. The number of carbonyl (C=O) groups excluding carboxylic acids is 1. The third-order valence-corrected chi connectivity index (χ3v) is 3.76. The van der Waals surface area contributed by atoms with Crippen LogP contribution in [0.5, 0.6) is 0 Å². The van der Waals surface area contributed by atoms with Crippen LogP contribution in [0, 0.1) is 0 Å². The molecule has 0 aromatic heterocycles. The Bertz CT molecular complexity index is 515. The number of amides is 1. The van der Waals surface area contributed by atoms with Crippen LogP contribution in [0.15, 0.2) is 27.5 Å². The van der Waals surface area contributed by atoms with E-state index in [9.17, 15) is 9.00 Å². The van der Waals surface area contributed by atoms with Gasteiger partial charge in [0, 0.05) is 11.3 Å². The van der Waals surface area contributed by atoms with Gasteiger partial charge in [0.05, 0.1) is 20.2 Å². The van der Waals surface area contributed by atoms with Crippen LogP contribution in [0.1, 0.15) is 10.4 Å². The molecule has 3 nitrogen and oxygen atoms in total. The Labute approximate surface area is 80.9 Å². The van der Waals surface area contributed by atoms with Crippen LogP contribution in [0.4, 0.5) is 0 Å². The van der Waals surface area contributed by atoms with Crippen molar-refractivity contribution in [1.82, 2.24) is 0 Å². The number of hydrogen-bond donors (Lipinski definition) is 0. The summed E-state index contributed by atoms with van der Waals surface area (Å²) in [6.45, 7) is 0. The third-order valence-electron chi connectivity index (χ3n) is 1.84. The smallest absolute Gasteiger partial charge is 0.266 e. The highest BCUT2D eigenvalue weighted by molar-refractivity contribution is 7.93. The average Bonchev–Trinajstić information content (AvgIpc) is 2.22. The molecular formula is C8H6ClNO2S. The lowest BCUT2D eigenvalue weighted by Gasteiger charge is -1.98. The standard InChI is InChI=1S/C8H6ClNO2S/c1-13(12)7-3-2-5(9)4-6(7)8(11)10-13/h2-4H,1H3. The fraction of sp³-hybridized carbons (Fsp3) is 0.125. The molecule has 0 saturated heterocycles. The Kier molecular flexibility index (Phi) is 1.72. The van der Waals surface area contributed by atoms with Gasteiger partial charge in [-0.15, -0.1) is 0 Å². The first kappa shape index (κ1) is 8.72. The van der Waals surface area contributed by atoms with Gasteiger partial charge >= 0.3 is 0 Å². The van der Waals surface area contributed by atoms with Crippen molar-refractivity contribution in [2.45, 2.75) is 4.90 Å². The van der Waals surface area contributed by atoms with Crippen molar-refractivity contribution < 1.29 is 9.00 Å². The van der Waals surface area contributed by atoms with Crippen molar-refractivity contribution >= 4 is 27.2 Å². The molecule has 0 aliphatic carbocycles. The molecule has 13 heavy (non-hydrogen) atoms. The van der Waals surface area contributed by atoms with E-state index < -0.39 is 15.6 Å². The van der Waals surface area contributed by atoms with Crippen LogP contribution >= 0.6 is 11.6 Å². The van der Waals surface area contributed by atoms with Gasteiger partial charge in [-0.05, 0) is 18.2 Å². The van der Waals surface area contributed by atoms with Gasteiger partial charge in [-0.2, -0.15) is 4.36 Å². The highest BCUT2D eigenvalue weighted by Gasteiger charge is 2.25. The fourth-order valence-corrected chi connectivity index (χ4v) is 2.82. The van der Waals surface area contributed by atoms with Crippen LogP contribution in [0.2, 0.25) is 5.02 Å². The minimum Gasteiger partial charge on any atom is -0.266 e. The summed E-state index contributed by atoms with van der Waals surface area (Å²) in [6.07, 6.45) is 1.45. The summed E-state index contributed by atoms with van der Waals surface area (Å²) in [5, 5.41) is 0.458. The zero-order chi connectivity index (χ0) is 9.64. The molecule has 5 heteroatoms. The Morgan fingerprint density at radius 3 is 2.85 bits per heavy atom. The number of carbonyl (C=O) groups is 1. The van der Waals surface area contributed by atoms with Gasteiger partial charge in [0.25, 0.3) is 5.91 Å². The van der Waals surface area contributed by atoms with Crippen molar-refractivity contribution in [2.24, 2.45) is 4.36 Å². The molecule has 1 aromatic carbocycles. The number of fused-ring (bicyclic) bond motifs is 1. The summed E-state index contributed by atoms with van der Waals surface area (Å²) < 4.78 is 15.3. The van der Waals surface area contributed by atoms with Crippen LogP contribution < -0.4 is 0 Å². The molecule has 1 aliphatic heterocycles. The Morgan fingerprint density at radius 1 is 1.46 bits per heavy atom. The zero-order valence-electron chi connectivity index (χ0n) is 6.78. The molecule has 0 fully saturated rings. The first-order valence-corrected chi connectivity index (χ1v) is 5.87. The maximum atomic E-state index is 11.7. The van der Waals surface area contributed by atoms with E-state index in [2.05, 4.69) is 4.36 Å². The van der Waals surface area contributed by atoms with Crippen LogP contribution in [0.25, 0.3) is 0 Å². The van der Waals surface area contributed by atoms with E-state index in [1.54, 1.807) is 12.1 Å². The Balaban J connectivity index is 2.83. The molecule has 1 amide bonds. The summed E-state index contributed by atoms with van der Waals surface area (Å²) >= 11 is 5.70. The summed E-state index contributed by atoms with van der Waals surface area (Å²) in [5.74, 6) is -0.440. The molecule has 0 spiro atoms. The van der Waals surface area contributed by atoms with Crippen molar-refractivity contribution in [1.29, 1.82) is 0 Å². The molecule has 0 radical (unpaired) electrons. The predicted octanol–water partition coefficient (Wildman–Crippen LogP) is 1.95. The van der Waals surface area contributed by atoms with E-state index in [0.29, 0.717) is 15.5 Å². The van der Waals surface area contributed by atoms with Crippen molar-refractivity contribution in [3.05, 3.63) is 28.8 Å². The highest BCUT2D eigenvalue weighted by Crippen LogP contribution is 2.27. The van der Waals surface area contributed by atoms with Gasteiger partial charge < -0.3 is 0 Å². The molecule has 0 bridgehead atoms. The largest absolute Gasteiger partial charge is 0.286 e. The van der Waals surface area contributed by atoms with Gasteiger partial charge in [-0.1, -0.05) is 11.6 Å². The van der Waals surface area contributed by atoms with E-state index >= 15 is 0 Å². The van der Waals surface area contributed by atoms with E-state index in [1.165, 1.54) is 12.3 Å². The minimum absolute atomic E-state index is 0.361. The summed E-state index contributed by atoms with van der Waals surface area (Å²) in [7, 11) is -2.50. The lowest BCUT2D eigenvalue weighted by molar-refractivity contribution is 0.101. The van der Waals surface area contributed by atoms with Gasteiger partial charge in [-0.3, -0.25) is 4.79 Å². The van der Waals surface area contributed by atoms with Gasteiger partial charge in [0.2, 0.25) is 0 Å². The van der Waals surface area contributed by atoms with Gasteiger partial charge in [0.1, 0.15) is 0 Å². The molecule has 1 aliphatic rings. The second kappa shape index (κ2) is 2.56. The second-order valence-electron chi connectivity index (χ2n) is 2.84. The number of nitrogens with zero attached hydrogens (tertiary/aromatic N) is 1. The van der Waals surface area contributed by atoms with Gasteiger partial charge in [0.15, 0.2) is 0 Å². The van der Waals surface area contributed by atoms with Crippen LogP contribution in [-0.4, -0.2) is 16.4 Å². The highest BCUT2D eigenvalue weighted by atomic mass is 35.5. The quantitative estimate of drug-likeness (QED) is 0.664. The molecule has 0 N–H and O–H groups in total. The second-order valence-corrected chi connectivity index (χ2v) is 5.50. The molecule has 2 rings (SSSR count). The lowest BCUT2D eigenvalue weighted by atomic mass is 10.2. The molecule has 1 aromatic rings. The average molecular weight is 216 g/mol. The molecular weight excluding hydrogens is 210 g/mol. The molecule has 1 heterocycles. The first-order chi connectivity index (χ1) is 6.00. The van der Waals surface area contributed by atoms with Crippen molar-refractivity contribution in [2.75, 3.05) is 6.26 Å². The molecule has 68 valence electrons. The molecule has 0 saturated carbocycles. The first-order valence-electron chi connectivity index (χ1n) is 3.57. The topological polar surface area (TPSA) is 46.5 Å². The maximum absolute atomic E-state index is 11.7. The number of rotatable bonds is 0. The van der Waals surface area contributed by atoms with E-state index in [-0.39, 0.29) is 0 Å². The normalized spacial score (nSPS) is 25.5. The Hall–Kier alpha value is -0.870. The van der Waals surface area contributed by atoms with Crippen molar-refractivity contribution in [3.8, 4) is 0 Å². The molecule has 1 unspecified atom stereocenters. The summed E-state index contributed by atoms with van der Waals surface area (Å²) in [4.78, 5) is 11.7. The summed E-state index contributed by atoms with van der Waals surface area (Å²) in [5.41, 5.74) is 0.361. The summed E-state index contributed by atoms with van der Waals surface area (Å²) in [6, 6.07) is 4.70. The van der Waals surface area contributed by atoms with Crippen LogP contribution in [0.3, 0.4) is 0 Å². The van der Waals surface area contributed by atoms with E-state index in [0.717, 1.165) is 0 Å². The zero-order valence-corrected chi connectivity index (χ0v) is 8.35. The fourth-order valence-electron chi connectivity index (χ4n) is 1.26. The SMILES string of the molecule is CS1(=O)=NC(=O)c2cc(Cl)ccc21. The minimum atomic E-state index is -2.50. The Morgan fingerprint density at radius 2 is 2.15 bits per heavy atom. The third kappa shape index (κ3) is 1.26. The monoisotopic (exact) mass is 215 g/mol. The molecule has 1 atom stereocenters. The van der Waals surface area contributed by atoms with E-state index in [4.69, 9.17) is 11.6 Å². The van der Waals surface area contributed by atoms with E-state index in [1.807, 2.05) is 0 Å². The number of hydrogen-bond acceptors (Lipinski definition) is 2. The van der Waals surface area contributed by atoms with Gasteiger partial charge in [-0.25, -0.2) is 4.21 Å². The maximum Gasteiger partial charge on any atom is 0.286 e. The number of halogens is 1. The predicted molar refractivity (Wildman–Crippen MR) is 50.5 cm³/mol. The van der Waals surface area contributed by atoms with Crippen molar-refractivity contribution in [3.63, 3.8) is 0 Å². The van der Waals surface area contributed by atoms with Crippen LogP contribution in [-0.2, 0) is 9.73 Å². The lowest BCUT2D eigenvalue weighted by Crippen LogP contribution is -1.94.